The van der Waals surface area contributed by atoms with Crippen LogP contribution in [0.25, 0.3) is 6.08 Å². The van der Waals surface area contributed by atoms with Gasteiger partial charge in [0.25, 0.3) is 0 Å². The second-order valence-corrected chi connectivity index (χ2v) is 6.63. The number of likely N-dealkylation sites (tertiary alicyclic amines) is 1. The quantitative estimate of drug-likeness (QED) is 0.829. The molecular formula is C19H27NO. The van der Waals surface area contributed by atoms with Crippen LogP contribution in [0.4, 0.5) is 0 Å². The third kappa shape index (κ3) is 3.38. The number of piperidine rings is 1. The molecule has 0 amide bonds. The predicted octanol–water partition coefficient (Wildman–Crippen LogP) is 3.98. The van der Waals surface area contributed by atoms with Gasteiger partial charge in [-0.1, -0.05) is 48.9 Å². The van der Waals surface area contributed by atoms with Gasteiger partial charge >= 0.3 is 0 Å². The minimum Gasteiger partial charge on any atom is -0.381 e. The summed E-state index contributed by atoms with van der Waals surface area (Å²) in [4.78, 5) is 2.61. The molecule has 1 heterocycles. The Bertz CT molecular complexity index is 470. The number of nitrogens with zero attached hydrogens (tertiary/aromatic N) is 1. The molecule has 2 heteroatoms. The molecule has 0 radical (unpaired) electrons. The van der Waals surface area contributed by atoms with E-state index in [1.807, 2.05) is 7.11 Å². The van der Waals surface area contributed by atoms with Crippen LogP contribution >= 0.6 is 0 Å². The minimum atomic E-state index is 0.438. The second kappa shape index (κ2) is 6.76. The molecule has 1 aromatic carbocycles. The van der Waals surface area contributed by atoms with E-state index in [4.69, 9.17) is 4.74 Å². The molecule has 0 unspecified atom stereocenters. The fourth-order valence-electron chi connectivity index (χ4n) is 4.26. The second-order valence-electron chi connectivity index (χ2n) is 6.63. The van der Waals surface area contributed by atoms with Crippen molar-refractivity contribution in [2.75, 3.05) is 26.7 Å². The summed E-state index contributed by atoms with van der Waals surface area (Å²) in [5.74, 6) is 0. The zero-order valence-electron chi connectivity index (χ0n) is 13.1. The monoisotopic (exact) mass is 285 g/mol. The van der Waals surface area contributed by atoms with Gasteiger partial charge in [-0.3, -0.25) is 4.90 Å². The molecule has 0 N–H and O–H groups in total. The van der Waals surface area contributed by atoms with Crippen molar-refractivity contribution in [3.8, 4) is 0 Å². The summed E-state index contributed by atoms with van der Waals surface area (Å²) in [5, 5.41) is 0. The first-order valence-electron chi connectivity index (χ1n) is 8.29. The summed E-state index contributed by atoms with van der Waals surface area (Å²) in [6.07, 6.45) is 11.7. The highest BCUT2D eigenvalue weighted by Crippen LogP contribution is 2.46. The summed E-state index contributed by atoms with van der Waals surface area (Å²) in [6.45, 7) is 3.51. The van der Waals surface area contributed by atoms with E-state index in [1.54, 1.807) is 0 Å². The lowest BCUT2D eigenvalue weighted by Crippen LogP contribution is -2.47. The van der Waals surface area contributed by atoms with E-state index in [0.29, 0.717) is 11.5 Å². The maximum atomic E-state index is 5.78. The lowest BCUT2D eigenvalue weighted by molar-refractivity contribution is -0.0322. The molecule has 1 aromatic rings. The summed E-state index contributed by atoms with van der Waals surface area (Å²) in [6, 6.07) is 10.6. The number of benzene rings is 1. The van der Waals surface area contributed by atoms with Gasteiger partial charge in [0, 0.05) is 25.6 Å². The number of rotatable bonds is 4. The van der Waals surface area contributed by atoms with E-state index >= 15 is 0 Å². The molecule has 0 bridgehead atoms. The number of methoxy groups -OCH3 is 1. The van der Waals surface area contributed by atoms with E-state index < -0.39 is 0 Å². The minimum absolute atomic E-state index is 0.438. The lowest BCUT2D eigenvalue weighted by atomic mass is 9.76. The Hall–Kier alpha value is -1.12. The molecule has 2 fully saturated rings. The van der Waals surface area contributed by atoms with Gasteiger partial charge in [-0.2, -0.15) is 0 Å². The van der Waals surface area contributed by atoms with Crippen LogP contribution in [0.15, 0.2) is 36.4 Å². The van der Waals surface area contributed by atoms with Crippen molar-refractivity contribution >= 4 is 6.08 Å². The first kappa shape index (κ1) is 14.8. The Labute approximate surface area is 128 Å². The Morgan fingerprint density at radius 2 is 2.05 bits per heavy atom. The van der Waals surface area contributed by atoms with E-state index in [-0.39, 0.29) is 0 Å². The van der Waals surface area contributed by atoms with Crippen LogP contribution in [0.2, 0.25) is 0 Å². The van der Waals surface area contributed by atoms with Crippen LogP contribution in [0.1, 0.15) is 37.7 Å². The van der Waals surface area contributed by atoms with E-state index in [2.05, 4.69) is 47.4 Å². The molecule has 2 atom stereocenters. The Kier molecular flexibility index (Phi) is 4.77. The summed E-state index contributed by atoms with van der Waals surface area (Å²) < 4.78 is 5.78. The van der Waals surface area contributed by atoms with E-state index in [9.17, 15) is 0 Å². The van der Waals surface area contributed by atoms with Crippen LogP contribution in [0.5, 0.6) is 0 Å². The van der Waals surface area contributed by atoms with Gasteiger partial charge in [-0.05, 0) is 37.8 Å². The molecule has 1 saturated heterocycles. The highest BCUT2D eigenvalue weighted by Gasteiger charge is 2.45. The van der Waals surface area contributed by atoms with Crippen LogP contribution < -0.4 is 0 Å². The number of ether oxygens (including phenoxy) is 1. The molecule has 1 aliphatic carbocycles. The van der Waals surface area contributed by atoms with Crippen molar-refractivity contribution in [1.29, 1.82) is 0 Å². The van der Waals surface area contributed by atoms with Crippen molar-refractivity contribution in [2.45, 2.75) is 38.2 Å². The topological polar surface area (TPSA) is 12.5 Å². The van der Waals surface area contributed by atoms with Crippen LogP contribution in [0.3, 0.4) is 0 Å². The van der Waals surface area contributed by atoms with Gasteiger partial charge in [-0.15, -0.1) is 0 Å². The summed E-state index contributed by atoms with van der Waals surface area (Å²) in [7, 11) is 1.89. The van der Waals surface area contributed by atoms with Gasteiger partial charge in [0.05, 0.1) is 6.10 Å². The van der Waals surface area contributed by atoms with Gasteiger partial charge in [0.15, 0.2) is 0 Å². The van der Waals surface area contributed by atoms with Crippen molar-refractivity contribution < 1.29 is 4.74 Å². The van der Waals surface area contributed by atoms with E-state index in [0.717, 1.165) is 6.54 Å². The molecule has 1 aliphatic heterocycles. The molecular weight excluding hydrogens is 258 g/mol. The average molecular weight is 285 g/mol. The van der Waals surface area contributed by atoms with Crippen LogP contribution in [0, 0.1) is 5.41 Å². The van der Waals surface area contributed by atoms with Gasteiger partial charge < -0.3 is 4.74 Å². The van der Waals surface area contributed by atoms with Gasteiger partial charge in [-0.25, -0.2) is 0 Å². The third-order valence-corrected chi connectivity index (χ3v) is 5.27. The average Bonchev–Trinajstić information content (AvgIpc) is 2.90. The smallest absolute Gasteiger partial charge is 0.0639 e. The summed E-state index contributed by atoms with van der Waals surface area (Å²) in [5.41, 5.74) is 1.73. The van der Waals surface area contributed by atoms with Gasteiger partial charge in [0.1, 0.15) is 0 Å². The van der Waals surface area contributed by atoms with Crippen molar-refractivity contribution in [3.63, 3.8) is 0 Å². The molecule has 114 valence electrons. The zero-order valence-corrected chi connectivity index (χ0v) is 13.1. The molecule has 1 spiro atoms. The molecule has 0 aromatic heterocycles. The largest absolute Gasteiger partial charge is 0.381 e. The van der Waals surface area contributed by atoms with Crippen molar-refractivity contribution in [3.05, 3.63) is 42.0 Å². The molecule has 1 saturated carbocycles. The maximum Gasteiger partial charge on any atom is 0.0639 e. The lowest BCUT2D eigenvalue weighted by Gasteiger charge is -2.43. The standard InChI is InChI=1S/C19H27NO/c1-21-18-11-5-12-19(18)13-7-15-20(16-19)14-6-10-17-8-3-2-4-9-17/h2-4,6,8-10,18H,5,7,11-16H2,1H3/t18-,19-/m1/s1. The number of hydrogen-bond donors (Lipinski definition) is 0. The highest BCUT2D eigenvalue weighted by molar-refractivity contribution is 5.48. The van der Waals surface area contributed by atoms with Crippen molar-refractivity contribution in [1.82, 2.24) is 4.90 Å². The predicted molar refractivity (Wildman–Crippen MR) is 88.2 cm³/mol. The first-order chi connectivity index (χ1) is 10.3. The van der Waals surface area contributed by atoms with E-state index in [1.165, 1.54) is 50.8 Å². The van der Waals surface area contributed by atoms with Crippen molar-refractivity contribution in [2.24, 2.45) is 5.41 Å². The first-order valence-corrected chi connectivity index (χ1v) is 8.29. The van der Waals surface area contributed by atoms with Crippen LogP contribution in [-0.4, -0.2) is 37.7 Å². The van der Waals surface area contributed by atoms with Gasteiger partial charge in [0.2, 0.25) is 0 Å². The fraction of sp³-hybridized carbons (Fsp3) is 0.579. The fourth-order valence-corrected chi connectivity index (χ4v) is 4.26. The van der Waals surface area contributed by atoms with Crippen LogP contribution in [-0.2, 0) is 4.74 Å². The Morgan fingerprint density at radius 1 is 1.24 bits per heavy atom. The number of hydrogen-bond acceptors (Lipinski definition) is 2. The third-order valence-electron chi connectivity index (χ3n) is 5.27. The molecule has 2 nitrogen and oxygen atoms in total. The summed E-state index contributed by atoms with van der Waals surface area (Å²) >= 11 is 0. The molecule has 21 heavy (non-hydrogen) atoms. The molecule has 3 rings (SSSR count). The zero-order chi connectivity index (χ0) is 14.5. The maximum absolute atomic E-state index is 5.78. The SMILES string of the molecule is CO[C@@H]1CCC[C@]12CCCN(CC=Cc1ccccc1)C2. The Morgan fingerprint density at radius 3 is 2.86 bits per heavy atom. The normalized spacial score (nSPS) is 30.4. The highest BCUT2D eigenvalue weighted by atomic mass is 16.5. The Balaban J connectivity index is 1.58. The molecule has 2 aliphatic rings.